The van der Waals surface area contributed by atoms with Gasteiger partial charge in [-0.05, 0) is 49.8 Å². The minimum absolute atomic E-state index is 0.0339. The monoisotopic (exact) mass is 379 g/mol. The van der Waals surface area contributed by atoms with Crippen LogP contribution in [-0.2, 0) is 17.0 Å². The predicted molar refractivity (Wildman–Crippen MR) is 108 cm³/mol. The molecule has 3 rings (SSSR count). The lowest BCUT2D eigenvalue weighted by Crippen LogP contribution is -2.14. The largest absolute Gasteiger partial charge is 0.326 e. The van der Waals surface area contributed by atoms with Crippen molar-refractivity contribution in [3.05, 3.63) is 58.5 Å². The van der Waals surface area contributed by atoms with Crippen molar-refractivity contribution in [1.82, 2.24) is 14.6 Å². The third kappa shape index (κ3) is 4.12. The van der Waals surface area contributed by atoms with Gasteiger partial charge in [-0.1, -0.05) is 12.1 Å². The zero-order valence-corrected chi connectivity index (χ0v) is 16.4. The Morgan fingerprint density at radius 1 is 1.37 bits per heavy atom. The van der Waals surface area contributed by atoms with Crippen LogP contribution in [0.1, 0.15) is 34.5 Å². The number of amides is 1. The fourth-order valence-electron chi connectivity index (χ4n) is 3.12. The van der Waals surface area contributed by atoms with Crippen molar-refractivity contribution in [2.75, 3.05) is 11.6 Å². The molecule has 0 aliphatic carbocycles. The Morgan fingerprint density at radius 3 is 2.93 bits per heavy atom. The van der Waals surface area contributed by atoms with E-state index in [9.17, 15) is 4.79 Å². The van der Waals surface area contributed by atoms with Crippen LogP contribution >= 0.6 is 11.8 Å². The van der Waals surface area contributed by atoms with Crippen molar-refractivity contribution < 1.29 is 4.79 Å². The van der Waals surface area contributed by atoms with Crippen LogP contribution in [0.4, 0.5) is 5.69 Å². The molecule has 0 bridgehead atoms. The summed E-state index contributed by atoms with van der Waals surface area (Å²) in [5, 5.41) is 16.4. The molecule has 3 aromatic rings. The zero-order chi connectivity index (χ0) is 19.4. The highest BCUT2D eigenvalue weighted by atomic mass is 32.2. The Labute approximate surface area is 162 Å². The van der Waals surface area contributed by atoms with Gasteiger partial charge in [0.1, 0.15) is 11.6 Å². The van der Waals surface area contributed by atoms with Gasteiger partial charge in [0.25, 0.3) is 0 Å². The van der Waals surface area contributed by atoms with Crippen molar-refractivity contribution >= 4 is 29.0 Å². The van der Waals surface area contributed by atoms with E-state index in [0.29, 0.717) is 24.1 Å². The summed E-state index contributed by atoms with van der Waals surface area (Å²) >= 11 is 1.75. The molecule has 0 unspecified atom stereocenters. The topological polar surface area (TPSA) is 83.1 Å². The second kappa shape index (κ2) is 8.23. The molecule has 0 aliphatic heterocycles. The first-order valence-corrected chi connectivity index (χ1v) is 10.0. The van der Waals surface area contributed by atoms with Crippen LogP contribution in [0.5, 0.6) is 0 Å². The number of rotatable bonds is 6. The van der Waals surface area contributed by atoms with Gasteiger partial charge in [0.05, 0.1) is 6.20 Å². The van der Waals surface area contributed by atoms with E-state index in [1.165, 1.54) is 11.8 Å². The van der Waals surface area contributed by atoms with Gasteiger partial charge in [0.15, 0.2) is 5.65 Å². The number of benzene rings is 1. The first kappa shape index (κ1) is 18.9. The van der Waals surface area contributed by atoms with Crippen molar-refractivity contribution in [3.8, 4) is 6.07 Å². The Bertz CT molecular complexity index is 1030. The second-order valence-electron chi connectivity index (χ2n) is 6.35. The van der Waals surface area contributed by atoms with Gasteiger partial charge in [-0.3, -0.25) is 4.79 Å². The molecule has 2 heterocycles. The van der Waals surface area contributed by atoms with Crippen LogP contribution in [-0.4, -0.2) is 26.8 Å². The van der Waals surface area contributed by atoms with Crippen LogP contribution in [0.3, 0.4) is 0 Å². The summed E-state index contributed by atoms with van der Waals surface area (Å²) < 4.78 is 1.67. The van der Waals surface area contributed by atoms with Crippen molar-refractivity contribution in [1.29, 1.82) is 5.26 Å². The lowest BCUT2D eigenvalue weighted by molar-refractivity contribution is -0.116. The molecule has 0 radical (unpaired) electrons. The summed E-state index contributed by atoms with van der Waals surface area (Å²) in [5.41, 5.74) is 5.75. The SMILES string of the molecule is CSCc1cccc(NC(=O)CCc2c(C)nc3c(C#N)cnn3c2C)c1. The summed E-state index contributed by atoms with van der Waals surface area (Å²) in [7, 11) is 0. The Kier molecular flexibility index (Phi) is 5.77. The zero-order valence-electron chi connectivity index (χ0n) is 15.6. The molecule has 1 N–H and O–H groups in total. The van der Waals surface area contributed by atoms with E-state index in [1.807, 2.05) is 32.0 Å². The number of fused-ring (bicyclic) bond motifs is 1. The normalized spacial score (nSPS) is 10.7. The average molecular weight is 379 g/mol. The van der Waals surface area contributed by atoms with E-state index < -0.39 is 0 Å². The summed E-state index contributed by atoms with van der Waals surface area (Å²) in [6.45, 7) is 3.84. The fourth-order valence-corrected chi connectivity index (χ4v) is 3.63. The summed E-state index contributed by atoms with van der Waals surface area (Å²) in [4.78, 5) is 16.9. The first-order valence-electron chi connectivity index (χ1n) is 8.65. The van der Waals surface area contributed by atoms with Crippen LogP contribution in [0.25, 0.3) is 5.65 Å². The molecule has 0 saturated heterocycles. The molecule has 6 nitrogen and oxygen atoms in total. The van der Waals surface area contributed by atoms with Gasteiger partial charge in [-0.2, -0.15) is 22.1 Å². The first-order chi connectivity index (χ1) is 13.0. The minimum Gasteiger partial charge on any atom is -0.326 e. The third-order valence-electron chi connectivity index (χ3n) is 4.45. The number of nitriles is 1. The van der Waals surface area contributed by atoms with E-state index >= 15 is 0 Å². The van der Waals surface area contributed by atoms with Crippen LogP contribution in [0, 0.1) is 25.2 Å². The van der Waals surface area contributed by atoms with Gasteiger partial charge in [-0.25, -0.2) is 9.50 Å². The summed E-state index contributed by atoms with van der Waals surface area (Å²) in [6, 6.07) is 10.0. The number of aromatic nitrogens is 3. The second-order valence-corrected chi connectivity index (χ2v) is 7.21. The molecule has 0 aliphatic rings. The fraction of sp³-hybridized carbons (Fsp3) is 0.300. The number of nitrogens with zero attached hydrogens (tertiary/aromatic N) is 4. The van der Waals surface area contributed by atoms with Gasteiger partial charge in [0.2, 0.25) is 5.91 Å². The van der Waals surface area contributed by atoms with E-state index in [0.717, 1.165) is 28.4 Å². The number of anilines is 1. The molecule has 0 saturated carbocycles. The third-order valence-corrected chi connectivity index (χ3v) is 5.07. The maximum atomic E-state index is 12.4. The van der Waals surface area contributed by atoms with E-state index in [1.54, 1.807) is 16.3 Å². The maximum absolute atomic E-state index is 12.4. The summed E-state index contributed by atoms with van der Waals surface area (Å²) in [6.07, 6.45) is 4.50. The molecule has 27 heavy (non-hydrogen) atoms. The van der Waals surface area contributed by atoms with Crippen LogP contribution < -0.4 is 5.32 Å². The van der Waals surface area contributed by atoms with Gasteiger partial charge >= 0.3 is 0 Å². The molecule has 0 atom stereocenters. The smallest absolute Gasteiger partial charge is 0.224 e. The van der Waals surface area contributed by atoms with E-state index in [2.05, 4.69) is 33.8 Å². The quantitative estimate of drug-likeness (QED) is 0.707. The Hall–Kier alpha value is -2.85. The van der Waals surface area contributed by atoms with Crippen LogP contribution in [0.15, 0.2) is 30.5 Å². The standard InChI is InChI=1S/C20H21N5OS/c1-13-18(14(2)25-20(23-13)16(10-21)11-22-25)7-8-19(26)24-17-6-4-5-15(9-17)12-27-3/h4-6,9,11H,7-8,12H2,1-3H3,(H,24,26). The molecule has 7 heteroatoms. The molecule has 0 spiro atoms. The number of nitrogens with one attached hydrogen (secondary N) is 1. The van der Waals surface area contributed by atoms with E-state index in [-0.39, 0.29) is 5.91 Å². The molecule has 2 aromatic heterocycles. The minimum atomic E-state index is -0.0339. The highest BCUT2D eigenvalue weighted by Crippen LogP contribution is 2.19. The van der Waals surface area contributed by atoms with Gasteiger partial charge in [-0.15, -0.1) is 0 Å². The molecule has 1 amide bonds. The molecule has 0 fully saturated rings. The molecular weight excluding hydrogens is 358 g/mol. The highest BCUT2D eigenvalue weighted by Gasteiger charge is 2.14. The van der Waals surface area contributed by atoms with Crippen LogP contribution in [0.2, 0.25) is 0 Å². The molecule has 138 valence electrons. The Balaban J connectivity index is 1.72. The van der Waals surface area contributed by atoms with Gasteiger partial charge < -0.3 is 5.32 Å². The number of aryl methyl sites for hydroxylation is 2. The van der Waals surface area contributed by atoms with E-state index in [4.69, 9.17) is 5.26 Å². The van der Waals surface area contributed by atoms with Gasteiger partial charge in [0, 0.05) is 29.2 Å². The van der Waals surface area contributed by atoms with Crippen molar-refractivity contribution in [2.24, 2.45) is 0 Å². The number of carbonyl (C=O) groups excluding carboxylic acids is 1. The number of thioether (sulfide) groups is 1. The molecular formula is C20H21N5OS. The lowest BCUT2D eigenvalue weighted by atomic mass is 10.1. The van der Waals surface area contributed by atoms with Crippen molar-refractivity contribution in [2.45, 2.75) is 32.4 Å². The maximum Gasteiger partial charge on any atom is 0.224 e. The highest BCUT2D eigenvalue weighted by molar-refractivity contribution is 7.97. The number of hydrogen-bond donors (Lipinski definition) is 1. The number of hydrogen-bond acceptors (Lipinski definition) is 5. The predicted octanol–water partition coefficient (Wildman–Crippen LogP) is 3.65. The Morgan fingerprint density at radius 2 is 2.19 bits per heavy atom. The molecule has 1 aromatic carbocycles. The van der Waals surface area contributed by atoms with Crippen molar-refractivity contribution in [3.63, 3.8) is 0 Å². The lowest BCUT2D eigenvalue weighted by Gasteiger charge is -2.11. The summed E-state index contributed by atoms with van der Waals surface area (Å²) in [5.74, 6) is 0.885. The average Bonchev–Trinajstić information content (AvgIpc) is 3.05. The number of carbonyl (C=O) groups is 1.